The molecule has 2 bridgehead atoms. The number of benzene rings is 4. The van der Waals surface area contributed by atoms with E-state index in [2.05, 4.69) is 65.8 Å². The Morgan fingerprint density at radius 3 is 1.14 bits per heavy atom. The summed E-state index contributed by atoms with van der Waals surface area (Å²) in [6.45, 7) is 12.7. The molecule has 2 unspecified atom stereocenters. The summed E-state index contributed by atoms with van der Waals surface area (Å²) in [4.78, 5) is 27.6. The molecule has 4 nitrogen and oxygen atoms in total. The highest BCUT2D eigenvalue weighted by atomic mass is 16.6. The Bertz CT molecular complexity index is 1500. The maximum absolute atomic E-state index is 13.8. The first-order valence-electron chi connectivity index (χ1n) is 14.7. The highest BCUT2D eigenvalue weighted by molar-refractivity contribution is 5.91. The lowest BCUT2D eigenvalue weighted by atomic mass is 9.61. The van der Waals surface area contributed by atoms with Crippen LogP contribution < -0.4 is 0 Å². The van der Waals surface area contributed by atoms with Crippen molar-refractivity contribution in [3.63, 3.8) is 0 Å². The van der Waals surface area contributed by atoms with Crippen molar-refractivity contribution in [1.29, 1.82) is 0 Å². The largest absolute Gasteiger partial charge is 0.454 e. The molecule has 0 fully saturated rings. The van der Waals surface area contributed by atoms with Crippen molar-refractivity contribution in [3.05, 3.63) is 142 Å². The Balaban J connectivity index is 1.42. The van der Waals surface area contributed by atoms with Crippen LogP contribution in [0.15, 0.2) is 97.1 Å². The smallest absolute Gasteiger partial charge is 0.338 e. The van der Waals surface area contributed by atoms with Crippen molar-refractivity contribution >= 4 is 11.9 Å². The summed E-state index contributed by atoms with van der Waals surface area (Å²) in [7, 11) is 0. The Labute approximate surface area is 248 Å². The van der Waals surface area contributed by atoms with Crippen LogP contribution in [0.3, 0.4) is 0 Å². The lowest BCUT2D eigenvalue weighted by Crippen LogP contribution is -2.51. The van der Waals surface area contributed by atoms with Gasteiger partial charge in [0.15, 0.2) is 12.2 Å². The normalized spacial score (nSPS) is 20.8. The Morgan fingerprint density at radius 2 is 0.833 bits per heavy atom. The molecular formula is C38H38O4. The molecule has 0 spiro atoms. The molecule has 0 aromatic heterocycles. The van der Waals surface area contributed by atoms with Crippen LogP contribution in [0, 0.1) is 0 Å². The molecule has 7 rings (SSSR count). The van der Waals surface area contributed by atoms with Crippen molar-refractivity contribution in [2.75, 3.05) is 0 Å². The number of rotatable bonds is 4. The van der Waals surface area contributed by atoms with E-state index in [1.807, 2.05) is 60.7 Å². The first kappa shape index (κ1) is 28.0. The monoisotopic (exact) mass is 558 g/mol. The Morgan fingerprint density at radius 1 is 0.500 bits per heavy atom. The number of fused-ring (bicyclic) bond motifs is 1. The second-order valence-electron chi connectivity index (χ2n) is 13.6. The van der Waals surface area contributed by atoms with Gasteiger partial charge in [-0.05, 0) is 68.5 Å². The van der Waals surface area contributed by atoms with Crippen molar-refractivity contribution < 1.29 is 19.1 Å². The number of hydrogen-bond acceptors (Lipinski definition) is 4. The van der Waals surface area contributed by atoms with Gasteiger partial charge in [-0.3, -0.25) is 0 Å². The zero-order valence-electron chi connectivity index (χ0n) is 25.2. The van der Waals surface area contributed by atoms with Gasteiger partial charge in [-0.2, -0.15) is 0 Å². The van der Waals surface area contributed by atoms with Gasteiger partial charge in [0.2, 0.25) is 0 Å². The first-order chi connectivity index (χ1) is 19.9. The van der Waals surface area contributed by atoms with Crippen LogP contribution in [0.25, 0.3) is 0 Å². The third-order valence-corrected chi connectivity index (χ3v) is 8.73. The van der Waals surface area contributed by atoms with Gasteiger partial charge in [0, 0.05) is 0 Å². The molecule has 0 radical (unpaired) electrons. The second kappa shape index (κ2) is 10.3. The van der Waals surface area contributed by atoms with Crippen molar-refractivity contribution in [2.24, 2.45) is 0 Å². The number of ether oxygens (including phenoxy) is 2. The van der Waals surface area contributed by atoms with Crippen molar-refractivity contribution in [3.8, 4) is 0 Å². The van der Waals surface area contributed by atoms with Crippen LogP contribution in [0.5, 0.6) is 0 Å². The summed E-state index contributed by atoms with van der Waals surface area (Å²) in [5, 5.41) is 0. The molecule has 0 amide bonds. The van der Waals surface area contributed by atoms with E-state index in [-0.39, 0.29) is 22.7 Å². The number of carbonyl (C=O) groups excluding carboxylic acids is 2. The molecule has 0 saturated carbocycles. The number of hydrogen-bond donors (Lipinski definition) is 0. The topological polar surface area (TPSA) is 52.6 Å². The molecule has 4 aromatic rings. The minimum Gasteiger partial charge on any atom is -0.454 e. The van der Waals surface area contributed by atoms with Gasteiger partial charge in [-0.1, -0.05) is 114 Å². The molecule has 3 aliphatic carbocycles. The van der Waals surface area contributed by atoms with Gasteiger partial charge in [0.05, 0.1) is 23.0 Å². The van der Waals surface area contributed by atoms with E-state index in [0.717, 1.165) is 33.4 Å². The van der Waals surface area contributed by atoms with Crippen molar-refractivity contribution in [2.45, 2.75) is 76.4 Å². The number of carbonyl (C=O) groups is 2. The molecule has 0 heterocycles. The predicted octanol–water partition coefficient (Wildman–Crippen LogP) is 8.32. The molecular weight excluding hydrogens is 520 g/mol. The van der Waals surface area contributed by atoms with E-state index in [4.69, 9.17) is 9.47 Å². The summed E-state index contributed by atoms with van der Waals surface area (Å²) in [6.07, 6.45) is -1.36. The maximum Gasteiger partial charge on any atom is 0.338 e. The first-order valence-corrected chi connectivity index (χ1v) is 14.7. The zero-order valence-corrected chi connectivity index (χ0v) is 25.2. The third kappa shape index (κ3) is 4.93. The lowest BCUT2D eigenvalue weighted by molar-refractivity contribution is -0.0557. The van der Waals surface area contributed by atoms with Crippen molar-refractivity contribution in [1.82, 2.24) is 0 Å². The minimum absolute atomic E-state index is 0.113. The van der Waals surface area contributed by atoms with Crippen LogP contribution in [-0.2, 0) is 20.3 Å². The van der Waals surface area contributed by atoms with Gasteiger partial charge in [0.1, 0.15) is 0 Å². The molecule has 2 atom stereocenters. The fraction of sp³-hybridized carbons (Fsp3) is 0.316. The van der Waals surface area contributed by atoms with E-state index in [9.17, 15) is 9.59 Å². The SMILES string of the molecule is CC(C)(C)c1cccc(C(=O)OC2C3c4ccccc4C(c4ccccc43)C2OC(=O)c2cccc(C(C)(C)C)c2)c1. The van der Waals surface area contributed by atoms with Crippen LogP contribution in [0.4, 0.5) is 0 Å². The zero-order chi connectivity index (χ0) is 29.8. The summed E-state index contributed by atoms with van der Waals surface area (Å²) in [5.74, 6) is -1.33. The summed E-state index contributed by atoms with van der Waals surface area (Å²) in [5.41, 5.74) is 7.33. The van der Waals surface area contributed by atoms with Gasteiger partial charge < -0.3 is 9.47 Å². The minimum atomic E-state index is -0.680. The third-order valence-electron chi connectivity index (χ3n) is 8.73. The van der Waals surface area contributed by atoms with Gasteiger partial charge in [-0.15, -0.1) is 0 Å². The predicted molar refractivity (Wildman–Crippen MR) is 165 cm³/mol. The fourth-order valence-electron chi connectivity index (χ4n) is 6.46. The molecule has 214 valence electrons. The molecule has 3 aliphatic rings. The summed E-state index contributed by atoms with van der Waals surface area (Å²) in [6, 6.07) is 31.8. The molecule has 4 aromatic carbocycles. The van der Waals surface area contributed by atoms with E-state index < -0.39 is 24.1 Å². The molecule has 0 saturated heterocycles. The summed E-state index contributed by atoms with van der Waals surface area (Å²) < 4.78 is 12.8. The Hall–Kier alpha value is -4.18. The number of esters is 2. The lowest BCUT2D eigenvalue weighted by Gasteiger charge is -2.49. The second-order valence-corrected chi connectivity index (χ2v) is 13.6. The van der Waals surface area contributed by atoms with E-state index in [1.54, 1.807) is 12.1 Å². The maximum atomic E-state index is 13.8. The van der Waals surface area contributed by atoms with Crippen LogP contribution in [0.1, 0.15) is 107 Å². The van der Waals surface area contributed by atoms with E-state index >= 15 is 0 Å². The van der Waals surface area contributed by atoms with E-state index in [1.165, 1.54) is 0 Å². The molecule has 4 heteroatoms. The van der Waals surface area contributed by atoms with Crippen LogP contribution in [-0.4, -0.2) is 24.1 Å². The molecule has 42 heavy (non-hydrogen) atoms. The van der Waals surface area contributed by atoms with E-state index in [0.29, 0.717) is 11.1 Å². The van der Waals surface area contributed by atoms with Crippen LogP contribution in [0.2, 0.25) is 0 Å². The summed E-state index contributed by atoms with van der Waals surface area (Å²) >= 11 is 0. The van der Waals surface area contributed by atoms with Gasteiger partial charge >= 0.3 is 11.9 Å². The molecule has 0 aliphatic heterocycles. The average molecular weight is 559 g/mol. The van der Waals surface area contributed by atoms with Crippen LogP contribution >= 0.6 is 0 Å². The standard InChI is InChI=1S/C38H38O4/c1-37(2,3)25-15-11-13-23(21-25)35(39)41-33-31-27-17-7-9-19-29(27)32(30-20-10-8-18-28(30)31)34(33)42-36(40)24-14-12-16-26(22-24)38(4,5)6/h7-22,31-34H,1-6H3. The van der Waals surface area contributed by atoms with Gasteiger partial charge in [0.25, 0.3) is 0 Å². The van der Waals surface area contributed by atoms with Gasteiger partial charge in [-0.25, -0.2) is 9.59 Å². The highest BCUT2D eigenvalue weighted by Gasteiger charge is 2.53. The highest BCUT2D eigenvalue weighted by Crippen LogP contribution is 2.55. The fourth-order valence-corrected chi connectivity index (χ4v) is 6.46. The average Bonchev–Trinajstić information content (AvgIpc) is 2.97. The molecule has 0 N–H and O–H groups in total. The quantitative estimate of drug-likeness (QED) is 0.236. The Kier molecular flexibility index (Phi) is 6.84.